The number of nitrogens with zero attached hydrogens (tertiary/aromatic N) is 1. The molecule has 0 aliphatic rings. The van der Waals surface area contributed by atoms with Crippen LogP contribution in [0.2, 0.25) is 0 Å². The molecule has 0 aromatic carbocycles. The number of rotatable bonds is 3. The fourth-order valence-corrected chi connectivity index (χ4v) is 1.06. The lowest BCUT2D eigenvalue weighted by Crippen LogP contribution is -2.32. The van der Waals surface area contributed by atoms with Crippen molar-refractivity contribution in [2.75, 3.05) is 0 Å². The third-order valence-corrected chi connectivity index (χ3v) is 2.04. The Hall–Kier alpha value is -1.79. The van der Waals surface area contributed by atoms with Gasteiger partial charge in [0.15, 0.2) is 6.10 Å². The lowest BCUT2D eigenvalue weighted by molar-refractivity contribution is -0.190. The van der Waals surface area contributed by atoms with Gasteiger partial charge < -0.3 is 10.5 Å². The molecule has 7 heteroatoms. The first-order valence-corrected chi connectivity index (χ1v) is 4.77. The van der Waals surface area contributed by atoms with Crippen molar-refractivity contribution in [1.29, 1.82) is 5.41 Å². The second kappa shape index (κ2) is 4.60. The molecule has 0 aliphatic carbocycles. The van der Waals surface area contributed by atoms with E-state index in [9.17, 15) is 13.2 Å². The van der Waals surface area contributed by atoms with Gasteiger partial charge in [-0.15, -0.1) is 0 Å². The Kier molecular flexibility index (Phi) is 3.59. The molecule has 1 heterocycles. The highest BCUT2D eigenvalue weighted by Gasteiger charge is 2.38. The van der Waals surface area contributed by atoms with E-state index in [0.29, 0.717) is 5.69 Å². The minimum Gasteiger partial charge on any atom is -0.464 e. The minimum absolute atomic E-state index is 0.0479. The zero-order chi connectivity index (χ0) is 13.2. The van der Waals surface area contributed by atoms with Crippen LogP contribution in [0.25, 0.3) is 0 Å². The van der Waals surface area contributed by atoms with E-state index in [4.69, 9.17) is 15.9 Å². The fourth-order valence-electron chi connectivity index (χ4n) is 1.06. The van der Waals surface area contributed by atoms with E-state index in [-0.39, 0.29) is 17.3 Å². The predicted molar refractivity (Wildman–Crippen MR) is 56.1 cm³/mol. The molecule has 0 amide bonds. The molecule has 0 fully saturated rings. The van der Waals surface area contributed by atoms with Crippen LogP contribution in [0.3, 0.4) is 0 Å². The van der Waals surface area contributed by atoms with Crippen molar-refractivity contribution < 1.29 is 17.9 Å². The number of ether oxygens (including phenoxy) is 1. The molecule has 0 aliphatic heterocycles. The summed E-state index contributed by atoms with van der Waals surface area (Å²) in [7, 11) is 0. The molecule has 0 bridgehead atoms. The highest BCUT2D eigenvalue weighted by Crippen LogP contribution is 2.25. The molecule has 1 aromatic heterocycles. The van der Waals surface area contributed by atoms with Gasteiger partial charge in [-0.25, -0.2) is 4.98 Å². The van der Waals surface area contributed by atoms with E-state index in [1.165, 1.54) is 6.07 Å². The van der Waals surface area contributed by atoms with Crippen LogP contribution >= 0.6 is 0 Å². The summed E-state index contributed by atoms with van der Waals surface area (Å²) in [5, 5.41) is 7.22. The summed E-state index contributed by atoms with van der Waals surface area (Å²) in [4.78, 5) is 3.80. The lowest BCUT2D eigenvalue weighted by atomic mass is 10.2. The first-order valence-electron chi connectivity index (χ1n) is 4.77. The summed E-state index contributed by atoms with van der Waals surface area (Å²) in [6.45, 7) is 2.48. The van der Waals surface area contributed by atoms with Crippen molar-refractivity contribution in [2.45, 2.75) is 26.1 Å². The van der Waals surface area contributed by atoms with Gasteiger partial charge in [0.1, 0.15) is 5.84 Å². The van der Waals surface area contributed by atoms with E-state index in [1.54, 1.807) is 13.0 Å². The summed E-state index contributed by atoms with van der Waals surface area (Å²) in [6, 6.07) is 2.95. The predicted octanol–water partition coefficient (Wildman–Crippen LogP) is 2.00. The van der Waals surface area contributed by atoms with Gasteiger partial charge in [-0.3, -0.25) is 5.41 Å². The average molecular weight is 247 g/mol. The SMILES string of the molecule is Cc1ccc(C(=N)N)c(OC(C)C(F)(F)F)n1. The largest absolute Gasteiger partial charge is 0.464 e. The number of hydrogen-bond donors (Lipinski definition) is 2. The van der Waals surface area contributed by atoms with Crippen molar-refractivity contribution in [3.05, 3.63) is 23.4 Å². The molecule has 17 heavy (non-hydrogen) atoms. The van der Waals surface area contributed by atoms with Crippen molar-refractivity contribution in [1.82, 2.24) is 4.98 Å². The number of nitrogens with two attached hydrogens (primary N) is 1. The van der Waals surface area contributed by atoms with Crippen LogP contribution in [0.5, 0.6) is 5.88 Å². The highest BCUT2D eigenvalue weighted by molar-refractivity contribution is 5.97. The number of amidine groups is 1. The van der Waals surface area contributed by atoms with Crippen LogP contribution in [-0.4, -0.2) is 23.1 Å². The van der Waals surface area contributed by atoms with Crippen molar-refractivity contribution >= 4 is 5.84 Å². The molecular weight excluding hydrogens is 235 g/mol. The number of nitrogen functional groups attached to an aromatic ring is 1. The number of aryl methyl sites for hydroxylation is 1. The van der Waals surface area contributed by atoms with E-state index in [2.05, 4.69) is 4.98 Å². The van der Waals surface area contributed by atoms with E-state index >= 15 is 0 Å². The Bertz CT molecular complexity index is 431. The van der Waals surface area contributed by atoms with Gasteiger partial charge in [0.2, 0.25) is 5.88 Å². The number of halogens is 3. The molecule has 1 atom stereocenters. The van der Waals surface area contributed by atoms with Crippen LogP contribution in [0.1, 0.15) is 18.2 Å². The second-order valence-electron chi connectivity index (χ2n) is 3.52. The maximum Gasteiger partial charge on any atom is 0.425 e. The normalized spacial score (nSPS) is 13.2. The Morgan fingerprint density at radius 3 is 2.53 bits per heavy atom. The fraction of sp³-hybridized carbons (Fsp3) is 0.400. The molecule has 1 aromatic rings. The monoisotopic (exact) mass is 247 g/mol. The Morgan fingerprint density at radius 2 is 2.06 bits per heavy atom. The zero-order valence-electron chi connectivity index (χ0n) is 9.30. The molecule has 3 N–H and O–H groups in total. The number of aromatic nitrogens is 1. The van der Waals surface area contributed by atoms with Crippen LogP contribution in [-0.2, 0) is 0 Å². The first-order chi connectivity index (χ1) is 7.71. The van der Waals surface area contributed by atoms with Crippen LogP contribution in [0.15, 0.2) is 12.1 Å². The molecule has 1 unspecified atom stereocenters. The van der Waals surface area contributed by atoms with Gasteiger partial charge >= 0.3 is 6.18 Å². The van der Waals surface area contributed by atoms with Gasteiger partial charge in [0.05, 0.1) is 5.56 Å². The molecule has 0 saturated heterocycles. The molecular formula is C10H12F3N3O. The summed E-state index contributed by atoms with van der Waals surface area (Å²) in [6.07, 6.45) is -6.49. The summed E-state index contributed by atoms with van der Waals surface area (Å²) in [5.41, 5.74) is 5.76. The maximum atomic E-state index is 12.3. The first kappa shape index (κ1) is 13.3. The molecule has 1 rings (SSSR count). The average Bonchev–Trinajstić information content (AvgIpc) is 2.15. The Labute approximate surface area is 96.1 Å². The quantitative estimate of drug-likeness (QED) is 0.633. The van der Waals surface area contributed by atoms with Crippen LogP contribution in [0.4, 0.5) is 13.2 Å². The second-order valence-corrected chi connectivity index (χ2v) is 3.52. The van der Waals surface area contributed by atoms with E-state index < -0.39 is 12.3 Å². The van der Waals surface area contributed by atoms with Crippen molar-refractivity contribution in [2.24, 2.45) is 5.73 Å². The molecule has 0 saturated carbocycles. The summed E-state index contributed by atoms with van der Waals surface area (Å²) >= 11 is 0. The highest BCUT2D eigenvalue weighted by atomic mass is 19.4. The van der Waals surface area contributed by atoms with Crippen LogP contribution < -0.4 is 10.5 Å². The van der Waals surface area contributed by atoms with E-state index in [0.717, 1.165) is 6.92 Å². The molecule has 94 valence electrons. The van der Waals surface area contributed by atoms with Crippen molar-refractivity contribution in [3.8, 4) is 5.88 Å². The minimum atomic E-state index is -4.49. The third-order valence-electron chi connectivity index (χ3n) is 2.04. The topological polar surface area (TPSA) is 72.0 Å². The molecule has 0 radical (unpaired) electrons. The van der Waals surface area contributed by atoms with Crippen LogP contribution in [0, 0.1) is 12.3 Å². The molecule has 0 spiro atoms. The van der Waals surface area contributed by atoms with Gasteiger partial charge in [-0.05, 0) is 26.0 Å². The number of alkyl halides is 3. The standard InChI is InChI=1S/C10H12F3N3O/c1-5-3-4-7(8(14)15)9(16-5)17-6(2)10(11,12)13/h3-4,6H,1-2H3,(H3,14,15). The third kappa shape index (κ3) is 3.33. The smallest absolute Gasteiger partial charge is 0.425 e. The maximum absolute atomic E-state index is 12.3. The number of nitrogens with one attached hydrogen (secondary N) is 1. The summed E-state index contributed by atoms with van der Waals surface area (Å²) < 4.78 is 41.7. The van der Waals surface area contributed by atoms with Gasteiger partial charge in [0.25, 0.3) is 0 Å². The van der Waals surface area contributed by atoms with Gasteiger partial charge in [-0.1, -0.05) is 0 Å². The van der Waals surface area contributed by atoms with Gasteiger partial charge in [-0.2, -0.15) is 13.2 Å². The number of pyridine rings is 1. The Balaban J connectivity index is 3.04. The summed E-state index contributed by atoms with van der Waals surface area (Å²) in [5.74, 6) is -0.663. The Morgan fingerprint density at radius 1 is 1.47 bits per heavy atom. The molecule has 4 nitrogen and oxygen atoms in total. The van der Waals surface area contributed by atoms with E-state index in [1.807, 2.05) is 0 Å². The number of hydrogen-bond acceptors (Lipinski definition) is 3. The zero-order valence-corrected chi connectivity index (χ0v) is 9.30. The van der Waals surface area contributed by atoms with Gasteiger partial charge in [0, 0.05) is 5.69 Å². The van der Waals surface area contributed by atoms with Crippen molar-refractivity contribution in [3.63, 3.8) is 0 Å². The lowest BCUT2D eigenvalue weighted by Gasteiger charge is -2.18.